The van der Waals surface area contributed by atoms with E-state index in [2.05, 4.69) is 5.32 Å². The molecule has 0 aliphatic rings. The van der Waals surface area contributed by atoms with Gasteiger partial charge < -0.3 is 10.2 Å². The van der Waals surface area contributed by atoms with E-state index < -0.39 is 28.5 Å². The summed E-state index contributed by atoms with van der Waals surface area (Å²) in [4.78, 5) is 28.4. The Morgan fingerprint density at radius 2 is 1.57 bits per heavy atom. The second-order valence-corrected chi connectivity index (χ2v) is 12.5. The fourth-order valence-electron chi connectivity index (χ4n) is 4.06. The molecule has 3 aromatic rings. The first-order valence-corrected chi connectivity index (χ1v) is 15.2. The molecule has 0 heterocycles. The van der Waals surface area contributed by atoms with Crippen LogP contribution in [0.1, 0.15) is 42.5 Å². The molecule has 2 amide bonds. The number of hydrogen-bond donors (Lipinski definition) is 1. The van der Waals surface area contributed by atoms with Gasteiger partial charge in [-0.15, -0.1) is 0 Å². The molecule has 40 heavy (non-hydrogen) atoms. The fourth-order valence-corrected chi connectivity index (χ4v) is 5.79. The van der Waals surface area contributed by atoms with E-state index in [9.17, 15) is 18.0 Å². The molecule has 3 rings (SSSR count). The Labute approximate surface area is 247 Å². The van der Waals surface area contributed by atoms with Crippen LogP contribution in [0.3, 0.4) is 0 Å². The summed E-state index contributed by atoms with van der Waals surface area (Å²) in [5, 5.41) is 3.50. The molecule has 0 aliphatic heterocycles. The van der Waals surface area contributed by atoms with Gasteiger partial charge in [0.05, 0.1) is 20.6 Å². The Bertz CT molecular complexity index is 1480. The highest BCUT2D eigenvalue weighted by Gasteiger charge is 2.32. The summed E-state index contributed by atoms with van der Waals surface area (Å²) in [6, 6.07) is 15.8. The summed E-state index contributed by atoms with van der Waals surface area (Å²) in [7, 11) is -4.13. The van der Waals surface area contributed by atoms with Crippen molar-refractivity contribution in [2.24, 2.45) is 0 Å². The summed E-state index contributed by atoms with van der Waals surface area (Å²) < 4.78 is 29.0. The SMILES string of the molecule is CCCNC(=O)[C@H](C)N(Cc1ccc(Cl)c(Cl)c1)C(=O)CN(c1ccc(C)c(C)c1)S(=O)(=O)c1ccc(C)cc1. The quantitative estimate of drug-likeness (QED) is 0.289. The molecule has 0 radical (unpaired) electrons. The van der Waals surface area contributed by atoms with Gasteiger partial charge in [0.15, 0.2) is 0 Å². The molecule has 0 saturated heterocycles. The molecule has 3 aromatic carbocycles. The molecule has 0 unspecified atom stereocenters. The maximum Gasteiger partial charge on any atom is 0.264 e. The second kappa shape index (κ2) is 13.5. The zero-order valence-corrected chi connectivity index (χ0v) is 25.7. The molecule has 0 fully saturated rings. The average molecular weight is 605 g/mol. The number of aryl methyl sites for hydroxylation is 3. The lowest BCUT2D eigenvalue weighted by Crippen LogP contribution is -2.51. The van der Waals surface area contributed by atoms with Gasteiger partial charge in [0, 0.05) is 13.1 Å². The summed E-state index contributed by atoms with van der Waals surface area (Å²) in [5.41, 5.74) is 3.79. The fraction of sp³-hybridized carbons (Fsp3) is 0.333. The first-order valence-electron chi connectivity index (χ1n) is 13.0. The Balaban J connectivity index is 2.05. The zero-order valence-electron chi connectivity index (χ0n) is 23.4. The highest BCUT2D eigenvalue weighted by atomic mass is 35.5. The number of carbonyl (C=O) groups is 2. The van der Waals surface area contributed by atoms with Crippen molar-refractivity contribution in [1.82, 2.24) is 10.2 Å². The number of rotatable bonds is 11. The Hall–Kier alpha value is -3.07. The topological polar surface area (TPSA) is 86.8 Å². The van der Waals surface area contributed by atoms with Crippen LogP contribution in [0.2, 0.25) is 10.0 Å². The van der Waals surface area contributed by atoms with Gasteiger partial charge in [0.1, 0.15) is 12.6 Å². The van der Waals surface area contributed by atoms with Crippen LogP contribution in [0.5, 0.6) is 0 Å². The number of hydrogen-bond acceptors (Lipinski definition) is 4. The second-order valence-electron chi connectivity index (χ2n) is 9.83. The van der Waals surface area contributed by atoms with Gasteiger partial charge in [-0.05, 0) is 87.2 Å². The predicted molar refractivity (Wildman–Crippen MR) is 161 cm³/mol. The van der Waals surface area contributed by atoms with Crippen molar-refractivity contribution < 1.29 is 18.0 Å². The lowest BCUT2D eigenvalue weighted by molar-refractivity contribution is -0.139. The standard InChI is InChI=1S/C30H35Cl2N3O4S/c1-6-15-33-30(37)23(5)34(18-24-10-14-27(31)28(32)17-24)29(36)19-35(25-11-9-21(3)22(4)16-25)40(38,39)26-12-7-20(2)8-13-26/h7-14,16-17,23H,6,15,18-19H2,1-5H3,(H,33,37)/t23-/m0/s1. The predicted octanol–water partition coefficient (Wildman–Crippen LogP) is 6.06. The van der Waals surface area contributed by atoms with Crippen molar-refractivity contribution in [3.05, 3.63) is 93.0 Å². The Kier molecular flexibility index (Phi) is 10.6. The van der Waals surface area contributed by atoms with Gasteiger partial charge in [0.25, 0.3) is 10.0 Å². The number of carbonyl (C=O) groups excluding carboxylic acids is 2. The van der Waals surface area contributed by atoms with E-state index in [1.807, 2.05) is 33.8 Å². The third kappa shape index (κ3) is 7.56. The minimum atomic E-state index is -4.13. The molecule has 0 aliphatic carbocycles. The van der Waals surface area contributed by atoms with Gasteiger partial charge in [-0.25, -0.2) is 8.42 Å². The van der Waals surface area contributed by atoms with Crippen LogP contribution in [0.15, 0.2) is 65.6 Å². The molecule has 0 saturated carbocycles. The van der Waals surface area contributed by atoms with E-state index in [1.165, 1.54) is 17.0 Å². The average Bonchev–Trinajstić information content (AvgIpc) is 2.92. The van der Waals surface area contributed by atoms with Crippen LogP contribution in [-0.2, 0) is 26.2 Å². The van der Waals surface area contributed by atoms with E-state index in [-0.39, 0.29) is 17.3 Å². The van der Waals surface area contributed by atoms with Crippen molar-refractivity contribution in [3.63, 3.8) is 0 Å². The van der Waals surface area contributed by atoms with Crippen molar-refractivity contribution in [1.29, 1.82) is 0 Å². The maximum atomic E-state index is 14.0. The largest absolute Gasteiger partial charge is 0.354 e. The lowest BCUT2D eigenvalue weighted by Gasteiger charge is -2.32. The van der Waals surface area contributed by atoms with Gasteiger partial charge >= 0.3 is 0 Å². The van der Waals surface area contributed by atoms with Gasteiger partial charge in [-0.3, -0.25) is 13.9 Å². The summed E-state index contributed by atoms with van der Waals surface area (Å²) in [5.74, 6) is -0.881. The van der Waals surface area contributed by atoms with E-state index in [0.29, 0.717) is 27.8 Å². The summed E-state index contributed by atoms with van der Waals surface area (Å²) in [6.07, 6.45) is 0.731. The minimum Gasteiger partial charge on any atom is -0.354 e. The molecule has 1 N–H and O–H groups in total. The number of nitrogens with zero attached hydrogens (tertiary/aromatic N) is 2. The maximum absolute atomic E-state index is 14.0. The van der Waals surface area contributed by atoms with Crippen molar-refractivity contribution in [3.8, 4) is 0 Å². The number of sulfonamides is 1. The van der Waals surface area contributed by atoms with E-state index >= 15 is 0 Å². The van der Waals surface area contributed by atoms with Crippen molar-refractivity contribution in [2.45, 2.75) is 58.5 Å². The number of nitrogens with one attached hydrogen (secondary N) is 1. The van der Waals surface area contributed by atoms with Gasteiger partial charge in [-0.1, -0.05) is 60.0 Å². The molecule has 0 aromatic heterocycles. The Morgan fingerprint density at radius 3 is 2.17 bits per heavy atom. The molecule has 7 nitrogen and oxygen atoms in total. The molecule has 0 spiro atoms. The third-order valence-electron chi connectivity index (χ3n) is 6.72. The van der Waals surface area contributed by atoms with Crippen LogP contribution < -0.4 is 9.62 Å². The van der Waals surface area contributed by atoms with Gasteiger partial charge in [-0.2, -0.15) is 0 Å². The lowest BCUT2D eigenvalue weighted by atomic mass is 10.1. The third-order valence-corrected chi connectivity index (χ3v) is 9.25. The first kappa shape index (κ1) is 31.5. The van der Waals surface area contributed by atoms with Crippen LogP contribution in [-0.4, -0.2) is 44.3 Å². The smallest absolute Gasteiger partial charge is 0.264 e. The number of benzene rings is 3. The highest BCUT2D eigenvalue weighted by molar-refractivity contribution is 7.92. The summed E-state index contributed by atoms with van der Waals surface area (Å²) in [6.45, 7) is 9.21. The van der Waals surface area contributed by atoms with Crippen LogP contribution in [0.25, 0.3) is 0 Å². The monoisotopic (exact) mass is 603 g/mol. The van der Waals surface area contributed by atoms with Crippen molar-refractivity contribution in [2.75, 3.05) is 17.4 Å². The van der Waals surface area contributed by atoms with E-state index in [0.717, 1.165) is 27.4 Å². The highest BCUT2D eigenvalue weighted by Crippen LogP contribution is 2.28. The number of halogens is 2. The van der Waals surface area contributed by atoms with Crippen LogP contribution in [0, 0.1) is 20.8 Å². The van der Waals surface area contributed by atoms with E-state index in [1.54, 1.807) is 49.4 Å². The minimum absolute atomic E-state index is 0.0295. The first-order chi connectivity index (χ1) is 18.8. The Morgan fingerprint density at radius 1 is 0.900 bits per heavy atom. The normalized spacial score (nSPS) is 12.1. The van der Waals surface area contributed by atoms with Crippen LogP contribution >= 0.6 is 23.2 Å². The molecular formula is C30H35Cl2N3O4S. The number of anilines is 1. The zero-order chi connectivity index (χ0) is 29.6. The molecule has 214 valence electrons. The molecule has 1 atom stereocenters. The van der Waals surface area contributed by atoms with Crippen LogP contribution in [0.4, 0.5) is 5.69 Å². The van der Waals surface area contributed by atoms with Gasteiger partial charge in [0.2, 0.25) is 11.8 Å². The van der Waals surface area contributed by atoms with E-state index in [4.69, 9.17) is 23.2 Å². The molecular weight excluding hydrogens is 569 g/mol. The molecule has 10 heteroatoms. The van der Waals surface area contributed by atoms with Crippen molar-refractivity contribution >= 4 is 50.7 Å². The number of amides is 2. The molecule has 0 bridgehead atoms. The summed E-state index contributed by atoms with van der Waals surface area (Å²) >= 11 is 12.3.